The van der Waals surface area contributed by atoms with Crippen molar-refractivity contribution >= 4 is 0 Å². The van der Waals surface area contributed by atoms with E-state index in [1.807, 2.05) is 0 Å². The van der Waals surface area contributed by atoms with Gasteiger partial charge in [-0.3, -0.25) is 0 Å². The Morgan fingerprint density at radius 1 is 0.192 bits per heavy atom. The van der Waals surface area contributed by atoms with Gasteiger partial charge in [0.15, 0.2) is 0 Å². The van der Waals surface area contributed by atoms with E-state index in [-0.39, 0.29) is 0 Å². The lowest BCUT2D eigenvalue weighted by molar-refractivity contribution is -0.0309. The highest BCUT2D eigenvalue weighted by Gasteiger charge is 1.99. The molecule has 0 aliphatic rings. The van der Waals surface area contributed by atoms with E-state index in [2.05, 4.69) is 19.1 Å². The van der Waals surface area contributed by atoms with E-state index >= 15 is 0 Å². The second-order valence-electron chi connectivity index (χ2n) is 16.7. The molecular weight excluding hydrogens is 951 g/mol. The molecule has 0 saturated heterocycles. The van der Waals surface area contributed by atoms with Crippen molar-refractivity contribution in [1.82, 2.24) is 0 Å². The van der Waals surface area contributed by atoms with Crippen molar-refractivity contribution in [3.05, 3.63) is 12.2 Å². The molecule has 19 nitrogen and oxygen atoms in total. The first-order valence-corrected chi connectivity index (χ1v) is 28.2. The third kappa shape index (κ3) is 71.0. The topological polar surface area (TPSA) is 192 Å². The highest BCUT2D eigenvalue weighted by molar-refractivity contribution is 4.81. The van der Waals surface area contributed by atoms with Crippen LogP contribution in [0.1, 0.15) is 96.8 Å². The van der Waals surface area contributed by atoms with E-state index in [0.29, 0.717) is 238 Å². The van der Waals surface area contributed by atoms with Gasteiger partial charge in [0.1, 0.15) is 0 Å². The molecule has 19 heteroatoms. The Morgan fingerprint density at radius 3 is 0.562 bits per heavy atom. The zero-order chi connectivity index (χ0) is 52.2. The standard InChI is InChI=1S/C54H109NO18/c1-2-3-4-5-6-7-8-9-10-11-12-13-14-15-16-17-19-56-21-23-58-25-27-60-29-31-62-33-35-64-37-39-66-41-43-68-45-47-70-49-51-72-53-54-73-52-50-71-48-46-69-44-42-67-40-38-65-36-34-63-32-30-61-28-26-59-24-22-57-20-18-55/h12-13H,2-11,14-55H2,1H3/b13-12+. The van der Waals surface area contributed by atoms with Gasteiger partial charge in [0.05, 0.1) is 231 Å². The molecule has 0 bridgehead atoms. The minimum atomic E-state index is 0.497. The SMILES string of the molecule is CCCCCCCCCCC/C=C/CCCCCOCCOCCOCCOCCOCCOCCOCCOCCOCCOCCOCCOCCOCCOCCOCCOCCOCCOCCN. The fourth-order valence-corrected chi connectivity index (χ4v) is 6.38. The summed E-state index contributed by atoms with van der Waals surface area (Å²) in [6, 6.07) is 0. The quantitative estimate of drug-likeness (QED) is 0.0528. The lowest BCUT2D eigenvalue weighted by atomic mass is 10.1. The van der Waals surface area contributed by atoms with E-state index in [1.165, 1.54) is 83.5 Å². The Kier molecular flexibility index (Phi) is 70.0. The highest BCUT2D eigenvalue weighted by atomic mass is 16.6. The van der Waals surface area contributed by atoms with Gasteiger partial charge in [0.25, 0.3) is 0 Å². The lowest BCUT2D eigenvalue weighted by Gasteiger charge is -2.09. The zero-order valence-electron chi connectivity index (χ0n) is 46.1. The van der Waals surface area contributed by atoms with Crippen molar-refractivity contribution < 1.29 is 85.3 Å². The predicted molar refractivity (Wildman–Crippen MR) is 283 cm³/mol. The molecular formula is C54H109NO18. The Bertz CT molecular complexity index is 981. The van der Waals surface area contributed by atoms with E-state index < -0.39 is 0 Å². The minimum absolute atomic E-state index is 0.497. The summed E-state index contributed by atoms with van der Waals surface area (Å²) in [5, 5.41) is 0. The molecule has 0 aromatic rings. The molecule has 0 amide bonds. The summed E-state index contributed by atoms with van der Waals surface area (Å²) in [5.74, 6) is 0. The first-order chi connectivity index (χ1) is 36.4. The second-order valence-corrected chi connectivity index (χ2v) is 16.7. The van der Waals surface area contributed by atoms with Crippen LogP contribution in [0, 0.1) is 0 Å². The molecule has 0 atom stereocenters. The van der Waals surface area contributed by atoms with Crippen molar-refractivity contribution in [2.75, 3.05) is 244 Å². The number of hydrogen-bond donors (Lipinski definition) is 1. The Labute approximate surface area is 443 Å². The molecule has 0 saturated carbocycles. The van der Waals surface area contributed by atoms with Gasteiger partial charge in [-0.2, -0.15) is 0 Å². The summed E-state index contributed by atoms with van der Waals surface area (Å²) in [5.41, 5.74) is 5.35. The van der Waals surface area contributed by atoms with Gasteiger partial charge in [-0.25, -0.2) is 0 Å². The van der Waals surface area contributed by atoms with E-state index in [9.17, 15) is 0 Å². The van der Waals surface area contributed by atoms with Gasteiger partial charge >= 0.3 is 0 Å². The maximum absolute atomic E-state index is 5.69. The predicted octanol–water partition coefficient (Wildman–Crippen LogP) is 6.28. The van der Waals surface area contributed by atoms with Crippen LogP contribution >= 0.6 is 0 Å². The van der Waals surface area contributed by atoms with Crippen molar-refractivity contribution in [3.63, 3.8) is 0 Å². The van der Waals surface area contributed by atoms with Gasteiger partial charge in [-0.1, -0.05) is 76.9 Å². The molecule has 0 aromatic carbocycles. The molecule has 0 rings (SSSR count). The number of ether oxygens (including phenoxy) is 18. The van der Waals surface area contributed by atoms with Crippen LogP contribution in [0.2, 0.25) is 0 Å². The van der Waals surface area contributed by atoms with Crippen LogP contribution in [0.5, 0.6) is 0 Å². The number of nitrogens with two attached hydrogens (primary N) is 1. The fourth-order valence-electron chi connectivity index (χ4n) is 6.38. The molecule has 438 valence electrons. The number of allylic oxidation sites excluding steroid dienone is 2. The smallest absolute Gasteiger partial charge is 0.0701 e. The van der Waals surface area contributed by atoms with Crippen LogP contribution in [-0.2, 0) is 85.3 Å². The Morgan fingerprint density at radius 2 is 0.356 bits per heavy atom. The first-order valence-electron chi connectivity index (χ1n) is 28.2. The Balaban J connectivity index is 3.09. The third-order valence-electron chi connectivity index (χ3n) is 10.4. The van der Waals surface area contributed by atoms with Crippen molar-refractivity contribution in [3.8, 4) is 0 Å². The highest BCUT2D eigenvalue weighted by Crippen LogP contribution is 2.11. The second kappa shape index (κ2) is 71.0. The molecule has 0 unspecified atom stereocenters. The van der Waals surface area contributed by atoms with Gasteiger partial charge < -0.3 is 91.0 Å². The molecule has 0 aromatic heterocycles. The average Bonchev–Trinajstić information content (AvgIpc) is 3.40. The maximum atomic E-state index is 5.69. The summed E-state index contributed by atoms with van der Waals surface area (Å²) in [6.45, 7) is 21.8. The molecule has 0 heterocycles. The third-order valence-corrected chi connectivity index (χ3v) is 10.4. The van der Waals surface area contributed by atoms with Crippen molar-refractivity contribution in [2.45, 2.75) is 96.8 Å². The molecule has 0 fully saturated rings. The van der Waals surface area contributed by atoms with Crippen LogP contribution in [-0.4, -0.2) is 244 Å². The fraction of sp³-hybridized carbons (Fsp3) is 0.963. The summed E-state index contributed by atoms with van der Waals surface area (Å²) >= 11 is 0. The number of unbranched alkanes of at least 4 members (excludes halogenated alkanes) is 12. The minimum Gasteiger partial charge on any atom is -0.379 e. The lowest BCUT2D eigenvalue weighted by Crippen LogP contribution is -2.16. The molecule has 2 N–H and O–H groups in total. The van der Waals surface area contributed by atoms with Crippen LogP contribution < -0.4 is 5.73 Å². The summed E-state index contributed by atoms with van der Waals surface area (Å²) in [4.78, 5) is 0. The maximum Gasteiger partial charge on any atom is 0.0701 e. The first kappa shape index (κ1) is 72.0. The van der Waals surface area contributed by atoms with Crippen LogP contribution in [0.25, 0.3) is 0 Å². The average molecular weight is 1060 g/mol. The van der Waals surface area contributed by atoms with E-state index in [0.717, 1.165) is 13.0 Å². The monoisotopic (exact) mass is 1060 g/mol. The summed E-state index contributed by atoms with van der Waals surface area (Å²) < 4.78 is 99.1. The summed E-state index contributed by atoms with van der Waals surface area (Å²) in [6.07, 6.45) is 23.3. The van der Waals surface area contributed by atoms with Crippen molar-refractivity contribution in [1.29, 1.82) is 0 Å². The molecule has 0 aliphatic heterocycles. The molecule has 0 aliphatic carbocycles. The van der Waals surface area contributed by atoms with Gasteiger partial charge in [-0.05, 0) is 32.1 Å². The van der Waals surface area contributed by atoms with Gasteiger partial charge in [0, 0.05) is 13.2 Å². The Hall–Kier alpha value is -1.02. The van der Waals surface area contributed by atoms with E-state index in [1.54, 1.807) is 0 Å². The van der Waals surface area contributed by atoms with Gasteiger partial charge in [-0.15, -0.1) is 0 Å². The summed E-state index contributed by atoms with van der Waals surface area (Å²) in [7, 11) is 0. The molecule has 0 radical (unpaired) electrons. The molecule has 73 heavy (non-hydrogen) atoms. The normalized spacial score (nSPS) is 11.9. The van der Waals surface area contributed by atoms with E-state index in [4.69, 9.17) is 91.0 Å². The van der Waals surface area contributed by atoms with Crippen LogP contribution in [0.3, 0.4) is 0 Å². The largest absolute Gasteiger partial charge is 0.379 e. The molecule has 0 spiro atoms. The van der Waals surface area contributed by atoms with Gasteiger partial charge in [0.2, 0.25) is 0 Å². The zero-order valence-corrected chi connectivity index (χ0v) is 46.1. The number of hydrogen-bond acceptors (Lipinski definition) is 19. The van der Waals surface area contributed by atoms with Crippen LogP contribution in [0.4, 0.5) is 0 Å². The van der Waals surface area contributed by atoms with Crippen LogP contribution in [0.15, 0.2) is 12.2 Å². The number of rotatable bonds is 69. The van der Waals surface area contributed by atoms with Crippen molar-refractivity contribution in [2.24, 2.45) is 5.73 Å².